The van der Waals surface area contributed by atoms with E-state index in [0.29, 0.717) is 13.2 Å². The second-order valence-electron chi connectivity index (χ2n) is 9.80. The average Bonchev–Trinajstić information content (AvgIpc) is 3.41. The van der Waals surface area contributed by atoms with Crippen LogP contribution in [0.15, 0.2) is 96.0 Å². The number of benzene rings is 3. The van der Waals surface area contributed by atoms with Gasteiger partial charge >= 0.3 is 0 Å². The highest BCUT2D eigenvalue weighted by Crippen LogP contribution is 2.41. The van der Waals surface area contributed by atoms with Crippen LogP contribution in [-0.2, 0) is 43.6 Å². The Morgan fingerprint density at radius 2 is 1.33 bits per heavy atom. The SMILES string of the molecule is CN(C)C1=N[C@@H]2[C@@H](OCc3ccccc3)[C@@H](OCc3ccccc3)[C@H]([C@@H](C=O)OCc3ccccc3)O[C@@H]2S1. The molecule has 204 valence electrons. The molecule has 0 spiro atoms. The van der Waals surface area contributed by atoms with Gasteiger partial charge in [-0.2, -0.15) is 0 Å². The molecule has 0 aromatic heterocycles. The van der Waals surface area contributed by atoms with E-state index in [1.165, 1.54) is 11.8 Å². The van der Waals surface area contributed by atoms with Gasteiger partial charge in [-0.3, -0.25) is 4.99 Å². The largest absolute Gasteiger partial charge is 0.368 e. The third kappa shape index (κ3) is 6.96. The summed E-state index contributed by atoms with van der Waals surface area (Å²) >= 11 is 1.54. The van der Waals surface area contributed by atoms with Crippen molar-refractivity contribution in [1.82, 2.24) is 4.90 Å². The molecule has 6 atom stereocenters. The number of carbonyl (C=O) groups excluding carboxylic acids is 1. The van der Waals surface area contributed by atoms with Gasteiger partial charge in [0.25, 0.3) is 0 Å². The van der Waals surface area contributed by atoms with E-state index >= 15 is 0 Å². The molecule has 2 aliphatic heterocycles. The van der Waals surface area contributed by atoms with Crippen LogP contribution in [0.1, 0.15) is 16.7 Å². The van der Waals surface area contributed by atoms with Crippen molar-refractivity contribution >= 4 is 23.2 Å². The second-order valence-corrected chi connectivity index (χ2v) is 10.9. The van der Waals surface area contributed by atoms with Gasteiger partial charge in [0.2, 0.25) is 0 Å². The normalized spacial score (nSPS) is 25.0. The Bertz CT molecular complexity index is 1210. The van der Waals surface area contributed by atoms with Crippen molar-refractivity contribution in [3.8, 4) is 0 Å². The number of amidine groups is 1. The van der Waals surface area contributed by atoms with Gasteiger partial charge in [0.1, 0.15) is 35.9 Å². The van der Waals surface area contributed by atoms with E-state index in [9.17, 15) is 4.79 Å². The number of thioether (sulfide) groups is 1. The minimum absolute atomic E-state index is 0.283. The molecular formula is C31H34N2O5S. The summed E-state index contributed by atoms with van der Waals surface area (Å²) in [6.45, 7) is 1.02. The van der Waals surface area contributed by atoms with E-state index in [0.717, 1.165) is 28.1 Å². The summed E-state index contributed by atoms with van der Waals surface area (Å²) in [6.07, 6.45) is -1.76. The lowest BCUT2D eigenvalue weighted by molar-refractivity contribution is -0.224. The second kappa shape index (κ2) is 13.4. The van der Waals surface area contributed by atoms with E-state index in [4.69, 9.17) is 23.9 Å². The van der Waals surface area contributed by atoms with E-state index in [1.807, 2.05) is 110 Å². The number of ether oxygens (including phenoxy) is 4. The predicted molar refractivity (Wildman–Crippen MR) is 152 cm³/mol. The van der Waals surface area contributed by atoms with Crippen molar-refractivity contribution in [3.63, 3.8) is 0 Å². The highest BCUT2D eigenvalue weighted by Gasteiger charge is 2.53. The van der Waals surface area contributed by atoms with Crippen LogP contribution in [0, 0.1) is 0 Å². The topological polar surface area (TPSA) is 69.6 Å². The molecule has 1 saturated heterocycles. The molecule has 0 unspecified atom stereocenters. The van der Waals surface area contributed by atoms with Crippen molar-refractivity contribution in [2.75, 3.05) is 14.1 Å². The van der Waals surface area contributed by atoms with Crippen LogP contribution in [0.3, 0.4) is 0 Å². The molecule has 5 rings (SSSR count). The Morgan fingerprint density at radius 1 is 0.821 bits per heavy atom. The number of hydrogen-bond donors (Lipinski definition) is 0. The highest BCUT2D eigenvalue weighted by atomic mass is 32.2. The molecule has 8 heteroatoms. The van der Waals surface area contributed by atoms with Crippen LogP contribution >= 0.6 is 11.8 Å². The average molecular weight is 547 g/mol. The summed E-state index contributed by atoms with van der Waals surface area (Å²) in [5.41, 5.74) is 2.72. The fraction of sp³-hybridized carbons (Fsp3) is 0.355. The highest BCUT2D eigenvalue weighted by molar-refractivity contribution is 8.14. The number of aldehydes is 1. The smallest absolute Gasteiger partial charge is 0.161 e. The molecule has 3 aromatic rings. The molecule has 3 aromatic carbocycles. The van der Waals surface area contributed by atoms with Gasteiger partial charge in [0, 0.05) is 14.1 Å². The number of rotatable bonds is 11. The molecule has 7 nitrogen and oxygen atoms in total. The van der Waals surface area contributed by atoms with Gasteiger partial charge in [-0.25, -0.2) is 0 Å². The first-order valence-corrected chi connectivity index (χ1v) is 14.0. The van der Waals surface area contributed by atoms with E-state index in [2.05, 4.69) is 0 Å². The number of aliphatic imine (C=N–C) groups is 1. The van der Waals surface area contributed by atoms with Crippen LogP contribution in [0.4, 0.5) is 0 Å². The third-order valence-electron chi connectivity index (χ3n) is 6.73. The molecule has 0 bridgehead atoms. The molecule has 0 saturated carbocycles. The van der Waals surface area contributed by atoms with Crippen LogP contribution < -0.4 is 0 Å². The van der Waals surface area contributed by atoms with Crippen LogP contribution in [0.25, 0.3) is 0 Å². The minimum atomic E-state index is -0.848. The number of carbonyl (C=O) groups is 1. The molecule has 0 N–H and O–H groups in total. The molecule has 2 heterocycles. The monoisotopic (exact) mass is 546 g/mol. The van der Waals surface area contributed by atoms with Crippen molar-refractivity contribution in [1.29, 1.82) is 0 Å². The summed E-state index contributed by atoms with van der Waals surface area (Å²) in [4.78, 5) is 19.4. The predicted octanol–water partition coefficient (Wildman–Crippen LogP) is 4.70. The van der Waals surface area contributed by atoms with Crippen molar-refractivity contribution in [3.05, 3.63) is 108 Å². The maximum Gasteiger partial charge on any atom is 0.161 e. The van der Waals surface area contributed by atoms with E-state index < -0.39 is 24.4 Å². The maximum absolute atomic E-state index is 12.5. The van der Waals surface area contributed by atoms with Crippen molar-refractivity contribution in [2.24, 2.45) is 4.99 Å². The Kier molecular flexibility index (Phi) is 9.44. The van der Waals surface area contributed by atoms with Gasteiger partial charge in [-0.05, 0) is 16.7 Å². The van der Waals surface area contributed by atoms with E-state index in [1.54, 1.807) is 0 Å². The van der Waals surface area contributed by atoms with Crippen LogP contribution in [0.5, 0.6) is 0 Å². The summed E-state index contributed by atoms with van der Waals surface area (Å²) in [5, 5.41) is 0.855. The van der Waals surface area contributed by atoms with Crippen molar-refractivity contribution in [2.45, 2.75) is 55.7 Å². The summed E-state index contributed by atoms with van der Waals surface area (Å²) in [7, 11) is 3.92. The summed E-state index contributed by atoms with van der Waals surface area (Å²) < 4.78 is 25.8. The first-order valence-electron chi connectivity index (χ1n) is 13.1. The standard InChI is InChI=1S/C31H34N2O5S/c1-33(2)31-32-26-28(36-20-23-14-8-4-9-15-23)29(37-21-24-16-10-5-11-17-24)27(38-30(26)39-31)25(18-34)35-19-22-12-6-3-7-13-22/h3-18,25-30H,19-21H2,1-2H3/t25-,26-,27+,28-,29+,30-/m1/s1. The molecule has 0 amide bonds. The lowest BCUT2D eigenvalue weighted by Gasteiger charge is -2.44. The zero-order valence-electron chi connectivity index (χ0n) is 22.2. The first-order chi connectivity index (χ1) is 19.1. The molecule has 1 fully saturated rings. The van der Waals surface area contributed by atoms with Gasteiger partial charge in [-0.1, -0.05) is 103 Å². The van der Waals surface area contributed by atoms with E-state index in [-0.39, 0.29) is 18.1 Å². The van der Waals surface area contributed by atoms with Gasteiger partial charge < -0.3 is 28.6 Å². The maximum atomic E-state index is 12.5. The third-order valence-corrected chi connectivity index (χ3v) is 8.04. The number of fused-ring (bicyclic) bond motifs is 1. The molecule has 39 heavy (non-hydrogen) atoms. The fourth-order valence-electron chi connectivity index (χ4n) is 4.72. The zero-order valence-corrected chi connectivity index (χ0v) is 23.0. The minimum Gasteiger partial charge on any atom is -0.368 e. The Morgan fingerprint density at radius 3 is 1.85 bits per heavy atom. The summed E-state index contributed by atoms with van der Waals surface area (Å²) in [5.74, 6) is 0. The molecule has 0 aliphatic carbocycles. The first kappa shape index (κ1) is 27.6. The number of hydrogen-bond acceptors (Lipinski definition) is 8. The quantitative estimate of drug-likeness (QED) is 0.323. The summed E-state index contributed by atoms with van der Waals surface area (Å²) in [6, 6.07) is 29.5. The van der Waals surface area contributed by atoms with Gasteiger partial charge in [-0.15, -0.1) is 0 Å². The Balaban J connectivity index is 1.43. The lowest BCUT2D eigenvalue weighted by Crippen LogP contribution is -2.60. The fourth-order valence-corrected chi connectivity index (χ4v) is 5.86. The molecule has 2 aliphatic rings. The van der Waals surface area contributed by atoms with Crippen LogP contribution in [0.2, 0.25) is 0 Å². The zero-order chi connectivity index (χ0) is 27.0. The van der Waals surface area contributed by atoms with Crippen LogP contribution in [-0.4, -0.2) is 66.3 Å². The molecular weight excluding hydrogens is 512 g/mol. The van der Waals surface area contributed by atoms with Crippen molar-refractivity contribution < 1.29 is 23.7 Å². The Hall–Kier alpha value is -3.01. The Labute approximate surface area is 234 Å². The lowest BCUT2D eigenvalue weighted by atomic mass is 9.94. The van der Waals surface area contributed by atoms with Gasteiger partial charge in [0.05, 0.1) is 19.8 Å². The van der Waals surface area contributed by atoms with Gasteiger partial charge in [0.15, 0.2) is 11.5 Å². The number of nitrogens with zero attached hydrogens (tertiary/aromatic N) is 2. The molecule has 0 radical (unpaired) electrons.